The van der Waals surface area contributed by atoms with Gasteiger partial charge in [0.15, 0.2) is 0 Å². The van der Waals surface area contributed by atoms with Crippen LogP contribution in [-0.4, -0.2) is 25.6 Å². The minimum absolute atomic E-state index is 0.236. The molecule has 0 atom stereocenters. The van der Waals surface area contributed by atoms with Gasteiger partial charge in [-0.25, -0.2) is 9.78 Å². The van der Waals surface area contributed by atoms with Gasteiger partial charge in [-0.1, -0.05) is 19.4 Å². The average Bonchev–Trinajstić information content (AvgIpc) is 2.25. The predicted octanol–water partition coefficient (Wildman–Crippen LogP) is 0.383. The van der Waals surface area contributed by atoms with Crippen molar-refractivity contribution in [3.8, 4) is 12.3 Å². The molecule has 0 aromatic carbocycles. The number of rotatable bonds is 4. The van der Waals surface area contributed by atoms with Crippen molar-refractivity contribution < 1.29 is 9.90 Å². The highest BCUT2D eigenvalue weighted by molar-refractivity contribution is 6.55. The molecule has 0 amide bonds. The normalized spacial score (nSPS) is 10.4. The molecule has 0 unspecified atom stereocenters. The first-order chi connectivity index (χ1) is 7.20. The lowest BCUT2D eigenvalue weighted by Gasteiger charge is -2.05. The van der Waals surface area contributed by atoms with Crippen LogP contribution in [-0.2, 0) is 0 Å². The van der Waals surface area contributed by atoms with Gasteiger partial charge in [0.1, 0.15) is 5.69 Å². The van der Waals surface area contributed by atoms with Gasteiger partial charge in [0.25, 0.3) is 0 Å². The topological polar surface area (TPSA) is 50.2 Å². The maximum atomic E-state index is 11.1. The molecule has 0 saturated heterocycles. The zero-order chi connectivity index (χ0) is 11.3. The molecule has 0 bridgehead atoms. The smallest absolute Gasteiger partial charge is 0.338 e. The molecule has 4 heteroatoms. The lowest BCUT2D eigenvalue weighted by molar-refractivity contribution is 0.0697. The summed E-state index contributed by atoms with van der Waals surface area (Å²) in [7, 11) is -0.530. The maximum Gasteiger partial charge on any atom is 0.338 e. The quantitative estimate of drug-likeness (QED) is 0.588. The summed E-state index contributed by atoms with van der Waals surface area (Å²) >= 11 is 0. The first-order valence-electron chi connectivity index (χ1n) is 4.88. The fourth-order valence-corrected chi connectivity index (χ4v) is 3.00. The van der Waals surface area contributed by atoms with Crippen LogP contribution in [0, 0.1) is 12.3 Å². The number of hydrogen-bond donors (Lipinski definition) is 1. The molecule has 1 heterocycles. The van der Waals surface area contributed by atoms with E-state index in [9.17, 15) is 4.79 Å². The van der Waals surface area contributed by atoms with Crippen molar-refractivity contribution in [2.45, 2.75) is 19.4 Å². The molecule has 15 heavy (non-hydrogen) atoms. The van der Waals surface area contributed by atoms with E-state index in [0.29, 0.717) is 0 Å². The zero-order valence-corrected chi connectivity index (χ0v) is 10.1. The number of carboxylic acid groups (broad SMARTS) is 1. The molecule has 0 spiro atoms. The average molecular weight is 219 g/mol. The zero-order valence-electron chi connectivity index (χ0n) is 8.66. The summed E-state index contributed by atoms with van der Waals surface area (Å²) in [4.78, 5) is 14.9. The number of aromatic carboxylic acids is 1. The number of carboxylic acids is 1. The summed E-state index contributed by atoms with van der Waals surface area (Å²) in [6, 6.07) is 2.88. The molecule has 0 radical (unpaired) electrons. The van der Waals surface area contributed by atoms with E-state index in [0.717, 1.165) is 17.7 Å². The molecule has 1 N–H and O–H groups in total. The van der Waals surface area contributed by atoms with Crippen LogP contribution in [0.1, 0.15) is 29.4 Å². The van der Waals surface area contributed by atoms with Crippen LogP contribution in [0.2, 0.25) is 6.04 Å². The van der Waals surface area contributed by atoms with Crippen molar-refractivity contribution in [3.63, 3.8) is 0 Å². The SMILES string of the molecule is C#Cc1nccc([SiH2]CCC)c1C(=O)O. The Labute approximate surface area is 91.4 Å². The Balaban J connectivity index is 3.15. The summed E-state index contributed by atoms with van der Waals surface area (Å²) in [5.74, 6) is 1.36. The Hall–Kier alpha value is -1.60. The van der Waals surface area contributed by atoms with Gasteiger partial charge in [-0.15, -0.1) is 6.42 Å². The van der Waals surface area contributed by atoms with E-state index in [-0.39, 0.29) is 11.3 Å². The monoisotopic (exact) mass is 219 g/mol. The summed E-state index contributed by atoms with van der Waals surface area (Å²) in [6.07, 6.45) is 7.90. The Bertz CT molecular complexity index is 410. The number of nitrogens with zero attached hydrogens (tertiary/aromatic N) is 1. The van der Waals surface area contributed by atoms with Crippen LogP contribution in [0.3, 0.4) is 0 Å². The Morgan fingerprint density at radius 1 is 1.73 bits per heavy atom. The Morgan fingerprint density at radius 3 is 3.00 bits per heavy atom. The lowest BCUT2D eigenvalue weighted by Crippen LogP contribution is -2.24. The molecule has 1 aromatic rings. The van der Waals surface area contributed by atoms with Gasteiger partial charge < -0.3 is 5.11 Å². The predicted molar refractivity (Wildman–Crippen MR) is 62.4 cm³/mol. The molecule has 0 saturated carbocycles. The van der Waals surface area contributed by atoms with E-state index in [1.54, 1.807) is 12.3 Å². The number of terminal acetylenes is 1. The third-order valence-corrected chi connectivity index (χ3v) is 4.38. The van der Waals surface area contributed by atoms with E-state index in [2.05, 4.69) is 17.8 Å². The standard InChI is InChI=1S/C11H13NO2Si/c1-3-7-15-9-5-6-12-8(4-2)10(9)11(13)14/h2,5-6H,3,7,15H2,1H3,(H,13,14). The first-order valence-corrected chi connectivity index (χ1v) is 6.59. The van der Waals surface area contributed by atoms with Gasteiger partial charge >= 0.3 is 5.97 Å². The van der Waals surface area contributed by atoms with E-state index in [1.165, 1.54) is 0 Å². The Kier molecular flexibility index (Phi) is 4.07. The molecular formula is C11H13NO2Si. The minimum Gasteiger partial charge on any atom is -0.478 e. The third kappa shape index (κ3) is 2.67. The molecule has 3 nitrogen and oxygen atoms in total. The van der Waals surface area contributed by atoms with E-state index in [1.807, 2.05) is 0 Å². The summed E-state index contributed by atoms with van der Waals surface area (Å²) in [5.41, 5.74) is 0.490. The van der Waals surface area contributed by atoms with Crippen molar-refractivity contribution in [2.75, 3.05) is 0 Å². The van der Waals surface area contributed by atoms with Crippen molar-refractivity contribution in [2.24, 2.45) is 0 Å². The summed E-state index contributed by atoms with van der Waals surface area (Å²) in [5, 5.41) is 9.97. The van der Waals surface area contributed by atoms with Crippen molar-refractivity contribution in [1.82, 2.24) is 4.98 Å². The van der Waals surface area contributed by atoms with Gasteiger partial charge in [0.2, 0.25) is 0 Å². The minimum atomic E-state index is -0.963. The van der Waals surface area contributed by atoms with Crippen LogP contribution in [0.25, 0.3) is 0 Å². The number of pyridine rings is 1. The van der Waals surface area contributed by atoms with E-state index < -0.39 is 15.5 Å². The highest BCUT2D eigenvalue weighted by Gasteiger charge is 2.14. The fraction of sp³-hybridized carbons (Fsp3) is 0.273. The molecule has 0 aliphatic rings. The van der Waals surface area contributed by atoms with E-state index >= 15 is 0 Å². The van der Waals surface area contributed by atoms with Gasteiger partial charge in [-0.2, -0.15) is 0 Å². The second-order valence-corrected chi connectivity index (χ2v) is 5.22. The third-order valence-electron chi connectivity index (χ3n) is 2.19. The number of hydrogen-bond acceptors (Lipinski definition) is 2. The molecule has 0 aliphatic carbocycles. The second-order valence-electron chi connectivity index (χ2n) is 3.25. The van der Waals surface area contributed by atoms with Crippen LogP contribution >= 0.6 is 0 Å². The van der Waals surface area contributed by atoms with Gasteiger partial charge in [0, 0.05) is 6.20 Å². The van der Waals surface area contributed by atoms with Crippen LogP contribution in [0.15, 0.2) is 12.3 Å². The number of carbonyl (C=O) groups is 1. The van der Waals surface area contributed by atoms with Crippen LogP contribution in [0.4, 0.5) is 0 Å². The first kappa shape index (κ1) is 11.5. The van der Waals surface area contributed by atoms with Gasteiger partial charge in [-0.3, -0.25) is 0 Å². The summed E-state index contributed by atoms with van der Waals surface area (Å²) in [6.45, 7) is 2.09. The fourth-order valence-electron chi connectivity index (χ4n) is 1.43. The van der Waals surface area contributed by atoms with Gasteiger partial charge in [-0.05, 0) is 17.2 Å². The molecule has 0 aliphatic heterocycles. The highest BCUT2D eigenvalue weighted by atomic mass is 28.2. The molecular weight excluding hydrogens is 206 g/mol. The van der Waals surface area contributed by atoms with Crippen molar-refractivity contribution in [1.29, 1.82) is 0 Å². The van der Waals surface area contributed by atoms with Crippen LogP contribution < -0.4 is 5.19 Å². The molecule has 0 fully saturated rings. The molecule has 78 valence electrons. The number of aromatic nitrogens is 1. The second kappa shape index (κ2) is 5.32. The largest absolute Gasteiger partial charge is 0.478 e. The van der Waals surface area contributed by atoms with Gasteiger partial charge in [0.05, 0.1) is 15.1 Å². The summed E-state index contributed by atoms with van der Waals surface area (Å²) < 4.78 is 0. The van der Waals surface area contributed by atoms with Crippen molar-refractivity contribution >= 4 is 20.7 Å². The Morgan fingerprint density at radius 2 is 2.47 bits per heavy atom. The lowest BCUT2D eigenvalue weighted by atomic mass is 10.2. The molecule has 1 aromatic heterocycles. The van der Waals surface area contributed by atoms with Crippen LogP contribution in [0.5, 0.6) is 0 Å². The highest BCUT2D eigenvalue weighted by Crippen LogP contribution is 2.02. The maximum absolute atomic E-state index is 11.1. The molecule has 1 rings (SSSR count). The van der Waals surface area contributed by atoms with Crippen molar-refractivity contribution in [3.05, 3.63) is 23.5 Å². The van der Waals surface area contributed by atoms with E-state index in [4.69, 9.17) is 11.5 Å².